The average Bonchev–Trinajstić information content (AvgIpc) is 3.58. The number of imidazole rings is 1. The summed E-state index contributed by atoms with van der Waals surface area (Å²) in [6.07, 6.45) is 3.20. The van der Waals surface area contributed by atoms with Gasteiger partial charge < -0.3 is 4.98 Å². The Hall–Kier alpha value is -5.02. The van der Waals surface area contributed by atoms with Crippen LogP contribution in [-0.2, 0) is 13.1 Å². The lowest BCUT2D eigenvalue weighted by Gasteiger charge is -2.12. The van der Waals surface area contributed by atoms with Crippen LogP contribution in [0.25, 0.3) is 33.6 Å². The fourth-order valence-corrected chi connectivity index (χ4v) is 4.73. The first kappa shape index (κ1) is 22.4. The van der Waals surface area contributed by atoms with Crippen LogP contribution in [0.3, 0.4) is 0 Å². The summed E-state index contributed by atoms with van der Waals surface area (Å²) >= 11 is 0.879. The van der Waals surface area contributed by atoms with E-state index in [-0.39, 0.29) is 29.8 Å². The SMILES string of the molecule is N#Cc1ccccc1Cn1c(=O)n(Cc2cc(F)c3nsnc3c2)c(=O)c2[nH]c(-c3cccnc3)nc21. The van der Waals surface area contributed by atoms with Crippen molar-refractivity contribution in [3.63, 3.8) is 0 Å². The minimum atomic E-state index is -0.647. The number of pyridine rings is 1. The zero-order valence-corrected chi connectivity index (χ0v) is 19.7. The molecular formula is C25H15FN8O2S. The van der Waals surface area contributed by atoms with Gasteiger partial charge in [0.05, 0.1) is 36.5 Å². The van der Waals surface area contributed by atoms with Gasteiger partial charge in [-0.15, -0.1) is 0 Å². The molecule has 1 N–H and O–H groups in total. The number of hydrogen-bond donors (Lipinski definition) is 1. The molecule has 4 aromatic heterocycles. The summed E-state index contributed by atoms with van der Waals surface area (Å²) in [5, 5.41) is 9.55. The van der Waals surface area contributed by atoms with Gasteiger partial charge in [-0.05, 0) is 41.5 Å². The maximum Gasteiger partial charge on any atom is 0.333 e. The molecule has 2 aromatic carbocycles. The van der Waals surface area contributed by atoms with Crippen molar-refractivity contribution in [3.05, 3.63) is 104 Å². The molecule has 0 aliphatic rings. The molecule has 0 radical (unpaired) electrons. The lowest BCUT2D eigenvalue weighted by atomic mass is 10.1. The first-order chi connectivity index (χ1) is 18.0. The normalized spacial score (nSPS) is 11.2. The van der Waals surface area contributed by atoms with Crippen LogP contribution in [0, 0.1) is 17.1 Å². The van der Waals surface area contributed by atoms with E-state index in [1.54, 1.807) is 54.9 Å². The lowest BCUT2D eigenvalue weighted by Crippen LogP contribution is -2.40. The van der Waals surface area contributed by atoms with Crippen molar-refractivity contribution < 1.29 is 4.39 Å². The van der Waals surface area contributed by atoms with E-state index in [9.17, 15) is 19.2 Å². The summed E-state index contributed by atoms with van der Waals surface area (Å²) in [5.74, 6) is -0.222. The number of nitrogens with one attached hydrogen (secondary N) is 1. The van der Waals surface area contributed by atoms with Crippen molar-refractivity contribution in [3.8, 4) is 17.5 Å². The van der Waals surface area contributed by atoms with E-state index in [1.165, 1.54) is 10.6 Å². The van der Waals surface area contributed by atoms with E-state index in [2.05, 4.69) is 29.8 Å². The highest BCUT2D eigenvalue weighted by molar-refractivity contribution is 7.00. The van der Waals surface area contributed by atoms with E-state index in [1.807, 2.05) is 0 Å². The number of rotatable bonds is 5. The van der Waals surface area contributed by atoms with E-state index < -0.39 is 17.1 Å². The van der Waals surface area contributed by atoms with Crippen molar-refractivity contribution in [2.75, 3.05) is 0 Å². The van der Waals surface area contributed by atoms with Crippen molar-refractivity contribution in [2.24, 2.45) is 0 Å². The van der Waals surface area contributed by atoms with Crippen LogP contribution < -0.4 is 11.2 Å². The molecule has 6 rings (SSSR count). The highest BCUT2D eigenvalue weighted by Crippen LogP contribution is 2.20. The fourth-order valence-electron chi connectivity index (χ4n) is 4.20. The van der Waals surface area contributed by atoms with Crippen LogP contribution in [-0.4, -0.2) is 32.8 Å². The Bertz CT molecular complexity index is 1970. The molecular weight excluding hydrogens is 495 g/mol. The van der Waals surface area contributed by atoms with Gasteiger partial charge in [0.15, 0.2) is 11.5 Å². The number of halogens is 1. The molecule has 6 aromatic rings. The van der Waals surface area contributed by atoms with E-state index >= 15 is 0 Å². The number of aromatic amines is 1. The molecule has 0 bridgehead atoms. The first-order valence-corrected chi connectivity index (χ1v) is 11.8. The van der Waals surface area contributed by atoms with Crippen molar-refractivity contribution in [2.45, 2.75) is 13.1 Å². The second-order valence-corrected chi connectivity index (χ2v) is 8.79. The van der Waals surface area contributed by atoms with Gasteiger partial charge in [0, 0.05) is 18.0 Å². The van der Waals surface area contributed by atoms with Crippen LogP contribution in [0.2, 0.25) is 0 Å². The van der Waals surface area contributed by atoms with Gasteiger partial charge >= 0.3 is 5.69 Å². The summed E-state index contributed by atoms with van der Waals surface area (Å²) < 4.78 is 24.9. The molecule has 10 nitrogen and oxygen atoms in total. The maximum atomic E-state index is 14.6. The number of benzene rings is 2. The van der Waals surface area contributed by atoms with Gasteiger partial charge in [-0.25, -0.2) is 14.2 Å². The second kappa shape index (κ2) is 8.89. The van der Waals surface area contributed by atoms with Crippen molar-refractivity contribution in [1.82, 2.24) is 32.8 Å². The van der Waals surface area contributed by atoms with Crippen molar-refractivity contribution in [1.29, 1.82) is 5.26 Å². The Morgan fingerprint density at radius 3 is 2.73 bits per heavy atom. The van der Waals surface area contributed by atoms with Crippen LogP contribution in [0.15, 0.2) is 70.5 Å². The summed E-state index contributed by atoms with van der Waals surface area (Å²) in [5.41, 5.74) is 1.47. The number of fused-ring (bicyclic) bond motifs is 2. The molecule has 12 heteroatoms. The highest BCUT2D eigenvalue weighted by Gasteiger charge is 2.20. The number of H-pyrrole nitrogens is 1. The molecule has 0 amide bonds. The predicted molar refractivity (Wildman–Crippen MR) is 135 cm³/mol. The topological polar surface area (TPSA) is 135 Å². The monoisotopic (exact) mass is 510 g/mol. The van der Waals surface area contributed by atoms with Crippen LogP contribution in [0.1, 0.15) is 16.7 Å². The number of aromatic nitrogens is 7. The van der Waals surface area contributed by atoms with Gasteiger partial charge in [0.2, 0.25) is 0 Å². The second-order valence-electron chi connectivity index (χ2n) is 8.26. The maximum absolute atomic E-state index is 14.6. The highest BCUT2D eigenvalue weighted by atomic mass is 32.1. The molecule has 0 unspecified atom stereocenters. The third-order valence-electron chi connectivity index (χ3n) is 5.98. The Labute approximate surface area is 211 Å². The van der Waals surface area contributed by atoms with E-state index in [0.29, 0.717) is 33.6 Å². The minimum Gasteiger partial charge on any atom is -0.332 e. The Balaban J connectivity index is 1.57. The first-order valence-electron chi connectivity index (χ1n) is 11.1. The van der Waals surface area contributed by atoms with E-state index in [4.69, 9.17) is 0 Å². The van der Waals surface area contributed by atoms with Crippen LogP contribution >= 0.6 is 11.7 Å². The predicted octanol–water partition coefficient (Wildman–Crippen LogP) is 3.06. The average molecular weight is 511 g/mol. The molecule has 0 saturated heterocycles. The van der Waals surface area contributed by atoms with Crippen LogP contribution in [0.4, 0.5) is 4.39 Å². The van der Waals surface area contributed by atoms with Gasteiger partial charge in [-0.1, -0.05) is 18.2 Å². The van der Waals surface area contributed by atoms with Gasteiger partial charge in [-0.2, -0.15) is 14.0 Å². The minimum absolute atomic E-state index is 0.0000813. The molecule has 0 fully saturated rings. The molecule has 180 valence electrons. The molecule has 0 saturated carbocycles. The summed E-state index contributed by atoms with van der Waals surface area (Å²) in [7, 11) is 0. The Morgan fingerprint density at radius 1 is 1.05 bits per heavy atom. The van der Waals surface area contributed by atoms with E-state index in [0.717, 1.165) is 16.3 Å². The summed E-state index contributed by atoms with van der Waals surface area (Å²) in [4.78, 5) is 38.9. The smallest absolute Gasteiger partial charge is 0.332 e. The van der Waals surface area contributed by atoms with Gasteiger partial charge in [-0.3, -0.25) is 18.9 Å². The molecule has 0 spiro atoms. The fraction of sp³-hybridized carbons (Fsp3) is 0.0800. The lowest BCUT2D eigenvalue weighted by molar-refractivity contribution is 0.617. The largest absolute Gasteiger partial charge is 0.333 e. The number of hydrogen-bond acceptors (Lipinski definition) is 8. The summed E-state index contributed by atoms with van der Waals surface area (Å²) in [6.45, 7) is -0.195. The van der Waals surface area contributed by atoms with Gasteiger partial charge in [0.1, 0.15) is 22.4 Å². The van der Waals surface area contributed by atoms with Gasteiger partial charge in [0.25, 0.3) is 5.56 Å². The molecule has 37 heavy (non-hydrogen) atoms. The molecule has 4 heterocycles. The standard InChI is InChI=1S/C25H15FN8O2S/c26-18-8-14(9-19-20(18)32-37-31-19)12-34-24(35)21-23(30-22(29-21)16-6-3-7-28-11-16)33(25(34)36)13-17-5-2-1-4-15(17)10-27/h1-9,11H,12-13H2,(H,29,30). The zero-order chi connectivity index (χ0) is 25.5. The quantitative estimate of drug-likeness (QED) is 0.377. The third-order valence-corrected chi connectivity index (χ3v) is 6.52. The third kappa shape index (κ3) is 3.87. The molecule has 0 aliphatic heterocycles. The molecule has 0 aliphatic carbocycles. The Kier molecular flexibility index (Phi) is 5.39. The summed E-state index contributed by atoms with van der Waals surface area (Å²) in [6, 6.07) is 15.4. The molecule has 0 atom stereocenters. The van der Waals surface area contributed by atoms with Crippen LogP contribution in [0.5, 0.6) is 0 Å². The Morgan fingerprint density at radius 2 is 1.92 bits per heavy atom. The number of nitrogens with zero attached hydrogens (tertiary/aromatic N) is 7. The zero-order valence-electron chi connectivity index (χ0n) is 18.9. The number of nitriles is 1. The van der Waals surface area contributed by atoms with Crippen molar-refractivity contribution >= 4 is 33.9 Å².